The van der Waals surface area contributed by atoms with Crippen molar-refractivity contribution in [2.45, 2.75) is 10.1 Å². The molecule has 2 N–H and O–H groups in total. The third-order valence-electron chi connectivity index (χ3n) is 3.91. The summed E-state index contributed by atoms with van der Waals surface area (Å²) in [5.41, 5.74) is 0. The maximum Gasteiger partial charge on any atom is 0.246 e. The van der Waals surface area contributed by atoms with Crippen LogP contribution in [0, 0.1) is 5.82 Å². The fourth-order valence-corrected chi connectivity index (χ4v) is 4.75. The highest BCUT2D eigenvalue weighted by molar-refractivity contribution is 7.99. The molecule has 1 aliphatic heterocycles. The zero-order chi connectivity index (χ0) is 18.7. The summed E-state index contributed by atoms with van der Waals surface area (Å²) in [5, 5.41) is 7.82. The second kappa shape index (κ2) is 7.60. The van der Waals surface area contributed by atoms with Gasteiger partial charge in [0.25, 0.3) is 0 Å². The number of rotatable bonds is 5. The molecule has 0 spiro atoms. The number of amides is 1. The van der Waals surface area contributed by atoms with E-state index in [-0.39, 0.29) is 42.7 Å². The third-order valence-corrected chi connectivity index (χ3v) is 6.78. The van der Waals surface area contributed by atoms with E-state index in [1.807, 2.05) is 0 Å². The van der Waals surface area contributed by atoms with E-state index in [1.165, 1.54) is 33.5 Å². The number of nitrogen functional groups attached to an aromatic ring is 1. The minimum atomic E-state index is -3.92. The van der Waals surface area contributed by atoms with Crippen molar-refractivity contribution < 1.29 is 17.6 Å². The Morgan fingerprint density at radius 1 is 1.23 bits per heavy atom. The van der Waals surface area contributed by atoms with Crippen LogP contribution in [0.4, 0.5) is 4.39 Å². The van der Waals surface area contributed by atoms with Gasteiger partial charge in [-0.15, -0.1) is 10.2 Å². The summed E-state index contributed by atoms with van der Waals surface area (Å²) in [6.07, 6.45) is 1.33. The number of piperazine rings is 1. The molecule has 1 fully saturated rings. The van der Waals surface area contributed by atoms with Gasteiger partial charge in [0.15, 0.2) is 0 Å². The first-order valence-electron chi connectivity index (χ1n) is 7.70. The van der Waals surface area contributed by atoms with Crippen molar-refractivity contribution in [2.75, 3.05) is 37.8 Å². The number of hydrogen-bond acceptors (Lipinski definition) is 7. The molecule has 1 saturated heterocycles. The molecular formula is C14H17FN6O3S2. The molecule has 12 heteroatoms. The number of hydrogen-bond donors (Lipinski definition) is 1. The Balaban J connectivity index is 1.58. The SMILES string of the molecule is Nn1cnnc1SCC(=O)N1CCN(S(=O)(=O)c2ccccc2F)CC1. The maximum absolute atomic E-state index is 13.8. The smallest absolute Gasteiger partial charge is 0.246 e. The molecule has 1 aliphatic rings. The van der Waals surface area contributed by atoms with Crippen LogP contribution in [0.25, 0.3) is 0 Å². The molecule has 2 heterocycles. The number of nitrogens with two attached hydrogens (primary N) is 1. The summed E-state index contributed by atoms with van der Waals surface area (Å²) in [6, 6.07) is 5.26. The quantitative estimate of drug-likeness (QED) is 0.544. The van der Waals surface area contributed by atoms with Crippen LogP contribution in [0.1, 0.15) is 0 Å². The molecule has 2 aromatic rings. The van der Waals surface area contributed by atoms with Gasteiger partial charge in [-0.2, -0.15) is 4.31 Å². The third kappa shape index (κ3) is 3.81. The van der Waals surface area contributed by atoms with Gasteiger partial charge in [-0.1, -0.05) is 23.9 Å². The van der Waals surface area contributed by atoms with Crippen molar-refractivity contribution in [2.24, 2.45) is 0 Å². The lowest BCUT2D eigenvalue weighted by Gasteiger charge is -2.34. The van der Waals surface area contributed by atoms with E-state index < -0.39 is 15.8 Å². The Morgan fingerprint density at radius 3 is 2.54 bits per heavy atom. The normalized spacial score (nSPS) is 16.0. The van der Waals surface area contributed by atoms with Crippen LogP contribution in [0.5, 0.6) is 0 Å². The molecule has 0 bridgehead atoms. The number of thioether (sulfide) groups is 1. The van der Waals surface area contributed by atoms with E-state index in [4.69, 9.17) is 5.84 Å². The second-order valence-corrected chi connectivity index (χ2v) is 8.37. The fourth-order valence-electron chi connectivity index (χ4n) is 2.52. The lowest BCUT2D eigenvalue weighted by molar-refractivity contribution is -0.129. The number of nitrogens with zero attached hydrogens (tertiary/aromatic N) is 5. The van der Waals surface area contributed by atoms with Crippen molar-refractivity contribution in [3.63, 3.8) is 0 Å². The van der Waals surface area contributed by atoms with Gasteiger partial charge in [0.2, 0.25) is 21.1 Å². The van der Waals surface area contributed by atoms with Gasteiger partial charge in [-0.25, -0.2) is 17.5 Å². The Bertz CT molecular complexity index is 896. The molecule has 1 amide bonds. The minimum Gasteiger partial charge on any atom is -0.339 e. The van der Waals surface area contributed by atoms with Crippen LogP contribution in [-0.4, -0.2) is 70.3 Å². The standard InChI is InChI=1S/C14H17FN6O3S2/c15-11-3-1-2-4-12(11)26(23,24)20-7-5-19(6-8-20)13(22)9-25-14-18-17-10-21(14)16/h1-4,10H,5-9,16H2. The van der Waals surface area contributed by atoms with E-state index in [0.717, 1.165) is 17.8 Å². The molecular weight excluding hydrogens is 383 g/mol. The molecule has 1 aromatic heterocycles. The number of benzene rings is 1. The number of halogens is 1. The van der Waals surface area contributed by atoms with Crippen LogP contribution in [-0.2, 0) is 14.8 Å². The summed E-state index contributed by atoms with van der Waals surface area (Å²) >= 11 is 1.15. The molecule has 0 unspecified atom stereocenters. The summed E-state index contributed by atoms with van der Waals surface area (Å²) in [7, 11) is -3.92. The number of aromatic nitrogens is 3. The summed E-state index contributed by atoms with van der Waals surface area (Å²) in [6.45, 7) is 0.699. The lowest BCUT2D eigenvalue weighted by Crippen LogP contribution is -2.51. The zero-order valence-corrected chi connectivity index (χ0v) is 15.3. The number of carbonyl (C=O) groups excluding carboxylic acids is 1. The molecule has 3 rings (SSSR count). The minimum absolute atomic E-state index is 0.111. The molecule has 26 heavy (non-hydrogen) atoms. The lowest BCUT2D eigenvalue weighted by atomic mass is 10.3. The highest BCUT2D eigenvalue weighted by Crippen LogP contribution is 2.21. The monoisotopic (exact) mass is 400 g/mol. The van der Waals surface area contributed by atoms with E-state index >= 15 is 0 Å². The first-order valence-corrected chi connectivity index (χ1v) is 10.1. The van der Waals surface area contributed by atoms with Crippen molar-refractivity contribution >= 4 is 27.7 Å². The maximum atomic E-state index is 13.8. The summed E-state index contributed by atoms with van der Waals surface area (Å²) in [4.78, 5) is 13.5. The van der Waals surface area contributed by atoms with E-state index in [1.54, 1.807) is 4.90 Å². The summed E-state index contributed by atoms with van der Waals surface area (Å²) < 4.78 is 41.3. The molecule has 0 atom stereocenters. The van der Waals surface area contributed by atoms with Gasteiger partial charge in [0.05, 0.1) is 5.75 Å². The molecule has 9 nitrogen and oxygen atoms in total. The average molecular weight is 400 g/mol. The Labute approximate surface area is 154 Å². The number of carbonyl (C=O) groups is 1. The molecule has 1 aromatic carbocycles. The Morgan fingerprint density at radius 2 is 1.92 bits per heavy atom. The highest BCUT2D eigenvalue weighted by Gasteiger charge is 2.31. The Kier molecular flexibility index (Phi) is 5.44. The molecule has 140 valence electrons. The van der Waals surface area contributed by atoms with Crippen LogP contribution in [0.2, 0.25) is 0 Å². The van der Waals surface area contributed by atoms with Gasteiger partial charge in [0.1, 0.15) is 17.0 Å². The van der Waals surface area contributed by atoms with Crippen LogP contribution in [0.15, 0.2) is 40.6 Å². The predicted molar refractivity (Wildman–Crippen MR) is 92.6 cm³/mol. The van der Waals surface area contributed by atoms with E-state index in [2.05, 4.69) is 10.2 Å². The van der Waals surface area contributed by atoms with Crippen LogP contribution < -0.4 is 5.84 Å². The van der Waals surface area contributed by atoms with E-state index in [9.17, 15) is 17.6 Å². The first-order chi connectivity index (χ1) is 12.4. The molecule has 0 saturated carbocycles. The largest absolute Gasteiger partial charge is 0.339 e. The van der Waals surface area contributed by atoms with Crippen molar-refractivity contribution in [3.05, 3.63) is 36.4 Å². The fraction of sp³-hybridized carbons (Fsp3) is 0.357. The zero-order valence-electron chi connectivity index (χ0n) is 13.7. The highest BCUT2D eigenvalue weighted by atomic mass is 32.2. The first kappa shape index (κ1) is 18.6. The Hall–Kier alpha value is -2.18. The predicted octanol–water partition coefficient (Wildman–Crippen LogP) is -0.244. The summed E-state index contributed by atoms with van der Waals surface area (Å²) in [5.74, 6) is 4.77. The molecule has 0 aliphatic carbocycles. The van der Waals surface area contributed by atoms with Crippen molar-refractivity contribution in [1.82, 2.24) is 24.1 Å². The van der Waals surface area contributed by atoms with Gasteiger partial charge in [-0.3, -0.25) is 4.79 Å². The van der Waals surface area contributed by atoms with Gasteiger partial charge in [0, 0.05) is 26.2 Å². The van der Waals surface area contributed by atoms with Crippen LogP contribution in [0.3, 0.4) is 0 Å². The topological polar surface area (TPSA) is 114 Å². The second-order valence-electron chi connectivity index (χ2n) is 5.52. The van der Waals surface area contributed by atoms with Crippen molar-refractivity contribution in [3.8, 4) is 0 Å². The van der Waals surface area contributed by atoms with Gasteiger partial charge < -0.3 is 10.7 Å². The van der Waals surface area contributed by atoms with Gasteiger partial charge >= 0.3 is 0 Å². The molecule has 0 radical (unpaired) electrons. The van der Waals surface area contributed by atoms with Crippen molar-refractivity contribution in [1.29, 1.82) is 0 Å². The van der Waals surface area contributed by atoms with Crippen LogP contribution >= 0.6 is 11.8 Å². The average Bonchev–Trinajstić information content (AvgIpc) is 3.05. The van der Waals surface area contributed by atoms with E-state index in [0.29, 0.717) is 5.16 Å². The number of sulfonamides is 1. The van der Waals surface area contributed by atoms with Gasteiger partial charge in [-0.05, 0) is 12.1 Å².